The number of likely N-dealkylation sites (tertiary alicyclic amines) is 2. The third kappa shape index (κ3) is 5.58. The number of fused-ring (bicyclic) bond motifs is 3. The molecule has 4 fully saturated rings. The fourth-order valence-corrected chi connectivity index (χ4v) is 9.08. The second-order valence-electron chi connectivity index (χ2n) is 16.3. The largest absolute Gasteiger partial charge is 0.465 e. The first-order chi connectivity index (χ1) is 24.8. The van der Waals surface area contributed by atoms with E-state index in [4.69, 9.17) is 14.7 Å². The van der Waals surface area contributed by atoms with Gasteiger partial charge in [-0.3, -0.25) is 9.69 Å². The van der Waals surface area contributed by atoms with Gasteiger partial charge < -0.3 is 30.0 Å². The van der Waals surface area contributed by atoms with Crippen molar-refractivity contribution in [2.75, 3.05) is 7.11 Å². The summed E-state index contributed by atoms with van der Waals surface area (Å²) >= 11 is 0. The average molecular weight is 704 g/mol. The minimum absolute atomic E-state index is 0.0972. The number of benzene rings is 2. The van der Waals surface area contributed by atoms with Crippen LogP contribution in [-0.2, 0) is 9.53 Å². The Labute approximate surface area is 302 Å². The number of carboxylic acid groups (broad SMARTS) is 1. The molecule has 12 heteroatoms. The zero-order valence-electron chi connectivity index (χ0n) is 30.4. The summed E-state index contributed by atoms with van der Waals surface area (Å²) < 4.78 is 4.79. The van der Waals surface area contributed by atoms with Crippen molar-refractivity contribution in [1.29, 1.82) is 0 Å². The van der Waals surface area contributed by atoms with E-state index in [0.29, 0.717) is 23.4 Å². The molecule has 4 heterocycles. The van der Waals surface area contributed by atoms with Gasteiger partial charge >= 0.3 is 12.2 Å². The molecule has 4 aromatic rings. The van der Waals surface area contributed by atoms with Crippen LogP contribution in [-0.4, -0.2) is 77.7 Å². The number of hydrogen-bond acceptors (Lipinski definition) is 6. The third-order valence-corrected chi connectivity index (χ3v) is 11.9. The van der Waals surface area contributed by atoms with Gasteiger partial charge in [-0.25, -0.2) is 19.6 Å². The highest BCUT2D eigenvalue weighted by atomic mass is 16.5. The van der Waals surface area contributed by atoms with Crippen LogP contribution in [0.25, 0.3) is 22.0 Å². The highest BCUT2D eigenvalue weighted by Gasteiger charge is 2.72. The summed E-state index contributed by atoms with van der Waals surface area (Å²) in [6.45, 7) is 10.2. The number of amides is 3. The fourth-order valence-electron chi connectivity index (χ4n) is 9.08. The van der Waals surface area contributed by atoms with Crippen molar-refractivity contribution in [3.05, 3.63) is 71.7 Å². The summed E-state index contributed by atoms with van der Waals surface area (Å²) in [6.07, 6.45) is 5.62. The normalized spacial score (nSPS) is 26.4. The summed E-state index contributed by atoms with van der Waals surface area (Å²) in [5, 5.41) is 15.0. The number of rotatable bonds is 6. The molecule has 2 aromatic carbocycles. The van der Waals surface area contributed by atoms with Gasteiger partial charge in [0.05, 0.1) is 30.4 Å². The number of nitrogens with zero attached hydrogens (tertiary/aromatic N) is 4. The van der Waals surface area contributed by atoms with Gasteiger partial charge in [0.1, 0.15) is 23.4 Å². The van der Waals surface area contributed by atoms with Crippen LogP contribution in [0.4, 0.5) is 9.59 Å². The molecular weight excluding hydrogens is 658 g/mol. The van der Waals surface area contributed by atoms with E-state index >= 15 is 0 Å². The number of hydrogen-bond donors (Lipinski definition) is 4. The summed E-state index contributed by atoms with van der Waals surface area (Å²) in [6, 6.07) is 11.3. The van der Waals surface area contributed by atoms with E-state index in [0.717, 1.165) is 59.1 Å². The lowest BCUT2D eigenvalue weighted by Crippen LogP contribution is -2.52. The minimum atomic E-state index is -0.897. The van der Waals surface area contributed by atoms with Gasteiger partial charge in [0.15, 0.2) is 0 Å². The van der Waals surface area contributed by atoms with Crippen molar-refractivity contribution >= 4 is 28.9 Å². The molecule has 2 aliphatic heterocycles. The molecule has 0 bridgehead atoms. The van der Waals surface area contributed by atoms with Crippen molar-refractivity contribution in [2.24, 2.45) is 23.2 Å². The predicted octanol–water partition coefficient (Wildman–Crippen LogP) is 6.62. The summed E-state index contributed by atoms with van der Waals surface area (Å²) in [4.78, 5) is 58.0. The summed E-state index contributed by atoms with van der Waals surface area (Å²) in [5.41, 5.74) is 2.69. The van der Waals surface area contributed by atoms with E-state index in [1.165, 1.54) is 7.11 Å². The maximum atomic E-state index is 13.8. The first kappa shape index (κ1) is 33.8. The molecule has 0 spiro atoms. The lowest BCUT2D eigenvalue weighted by Gasteiger charge is -2.39. The lowest BCUT2D eigenvalue weighted by atomic mass is 9.82. The Balaban J connectivity index is 0.970. The first-order valence-corrected chi connectivity index (χ1v) is 18.1. The Morgan fingerprint density at radius 2 is 1.71 bits per heavy atom. The zero-order chi connectivity index (χ0) is 36.7. The number of ether oxygens (including phenoxy) is 1. The van der Waals surface area contributed by atoms with Crippen molar-refractivity contribution < 1.29 is 24.2 Å². The number of aromatic amines is 2. The van der Waals surface area contributed by atoms with E-state index < -0.39 is 18.2 Å². The van der Waals surface area contributed by atoms with Gasteiger partial charge in [-0.2, -0.15) is 0 Å². The molecule has 2 saturated heterocycles. The Morgan fingerprint density at radius 1 is 0.981 bits per heavy atom. The number of carbonyl (C=O) groups is 3. The van der Waals surface area contributed by atoms with Crippen LogP contribution >= 0.6 is 0 Å². The quantitative estimate of drug-likeness (QED) is 0.164. The Kier molecular flexibility index (Phi) is 7.90. The molecule has 270 valence electrons. The molecule has 2 saturated carbocycles. The highest BCUT2D eigenvalue weighted by Crippen LogP contribution is 2.68. The molecule has 2 aliphatic carbocycles. The number of carbonyl (C=O) groups excluding carboxylic acids is 2. The van der Waals surface area contributed by atoms with Crippen LogP contribution in [0.1, 0.15) is 95.3 Å². The molecule has 4 N–H and O–H groups in total. The fraction of sp³-hybridized carbons (Fsp3) is 0.475. The van der Waals surface area contributed by atoms with E-state index in [2.05, 4.69) is 60.0 Å². The van der Waals surface area contributed by atoms with Crippen LogP contribution in [0.5, 0.6) is 0 Å². The van der Waals surface area contributed by atoms with Crippen molar-refractivity contribution in [3.63, 3.8) is 0 Å². The number of piperidine rings is 2. The van der Waals surface area contributed by atoms with Gasteiger partial charge in [-0.05, 0) is 83.7 Å². The van der Waals surface area contributed by atoms with Crippen LogP contribution in [0.3, 0.4) is 0 Å². The Bertz CT molecular complexity index is 2150. The van der Waals surface area contributed by atoms with Crippen LogP contribution in [0, 0.1) is 35.0 Å². The number of H-pyrrole nitrogens is 2. The highest BCUT2D eigenvalue weighted by molar-refractivity contribution is 5.88. The Hall–Kier alpha value is -5.31. The summed E-state index contributed by atoms with van der Waals surface area (Å²) in [7, 11) is 1.30. The van der Waals surface area contributed by atoms with Crippen molar-refractivity contribution in [2.45, 2.75) is 90.0 Å². The first-order valence-electron chi connectivity index (χ1n) is 18.1. The summed E-state index contributed by atoms with van der Waals surface area (Å²) in [5.74, 6) is 8.38. The van der Waals surface area contributed by atoms with E-state index in [1.807, 2.05) is 49.2 Å². The second-order valence-corrected chi connectivity index (χ2v) is 16.3. The molecule has 12 nitrogen and oxygen atoms in total. The molecule has 52 heavy (non-hydrogen) atoms. The third-order valence-electron chi connectivity index (χ3n) is 11.9. The van der Waals surface area contributed by atoms with Crippen molar-refractivity contribution in [1.82, 2.24) is 35.1 Å². The predicted molar refractivity (Wildman–Crippen MR) is 194 cm³/mol. The van der Waals surface area contributed by atoms with Crippen LogP contribution in [0.2, 0.25) is 0 Å². The minimum Gasteiger partial charge on any atom is -0.465 e. The molecule has 7 atom stereocenters. The smallest absolute Gasteiger partial charge is 0.408 e. The molecule has 1 unspecified atom stereocenters. The zero-order valence-corrected chi connectivity index (χ0v) is 30.4. The maximum Gasteiger partial charge on any atom is 0.408 e. The molecule has 3 amide bonds. The molecule has 4 aliphatic rings. The van der Waals surface area contributed by atoms with Crippen LogP contribution in [0.15, 0.2) is 48.8 Å². The molecule has 8 rings (SSSR count). The number of aromatic nitrogens is 4. The topological polar surface area (TPSA) is 157 Å². The second kappa shape index (κ2) is 12.1. The van der Waals surface area contributed by atoms with E-state index in [1.54, 1.807) is 11.1 Å². The maximum absolute atomic E-state index is 13.8. The standard InChI is InChI=1S/C40H45N7O5/c1-21(2)33(45-37(49)52-6)36(48)46-30-15-26(30)16-31(46)34-42-20-29(44-34)25-11-10-23-13-22(7-9-24(23)14-25)8-12-28-19-41-35(43-28)32-17-27-18-40(27,39(3,4)5)47(32)38(50)51/h7,9-11,13-14,19-21,26-27,30-33H,15-18H2,1-6H3,(H,41,43)(H,42,44)(H,45,49)(H,50,51)/t26-,27-,30-,31+,32+,33?,40-/m1/s1. The molecular formula is C40H45N7O5. The number of methoxy groups -OCH3 is 1. The van der Waals surface area contributed by atoms with E-state index in [-0.39, 0.29) is 40.9 Å². The molecule has 0 radical (unpaired) electrons. The van der Waals surface area contributed by atoms with Gasteiger partial charge in [0.25, 0.3) is 0 Å². The van der Waals surface area contributed by atoms with E-state index in [9.17, 15) is 19.5 Å². The number of alkyl carbamates (subject to hydrolysis) is 1. The number of imidazole rings is 2. The van der Waals surface area contributed by atoms with Gasteiger partial charge in [-0.1, -0.05) is 58.7 Å². The number of nitrogens with one attached hydrogen (secondary N) is 3. The lowest BCUT2D eigenvalue weighted by molar-refractivity contribution is -0.136. The van der Waals surface area contributed by atoms with Gasteiger partial charge in [0.2, 0.25) is 5.91 Å². The van der Waals surface area contributed by atoms with Crippen LogP contribution < -0.4 is 5.32 Å². The van der Waals surface area contributed by atoms with Gasteiger partial charge in [-0.15, -0.1) is 0 Å². The molecule has 2 aromatic heterocycles. The monoisotopic (exact) mass is 703 g/mol. The van der Waals surface area contributed by atoms with Crippen molar-refractivity contribution in [3.8, 4) is 23.1 Å². The van der Waals surface area contributed by atoms with Gasteiger partial charge in [0, 0.05) is 29.6 Å². The SMILES string of the molecule is COC(=O)NC(C(=O)N1[C@@H]2C[C@@H]2C[C@H]1c1nc(-c2ccc3cc(C#Cc4c[nH]c([C@@H]5C[C@@H]6C[C@@]6(C(C)(C)C)N5C(=O)O)n4)ccc3c2)c[nH]1)C(C)C. The average Bonchev–Trinajstić information content (AvgIpc) is 3.68. The Morgan fingerprint density at radius 3 is 2.44 bits per heavy atom.